The van der Waals surface area contributed by atoms with E-state index in [0.29, 0.717) is 30.4 Å². The first-order chi connectivity index (χ1) is 11.6. The smallest absolute Gasteiger partial charge is 0.240 e. The van der Waals surface area contributed by atoms with Crippen LogP contribution in [-0.2, 0) is 16.1 Å². The molecule has 1 N–H and O–H groups in total. The number of hydrogen-bond acceptors (Lipinski definition) is 3. The molecule has 24 heavy (non-hydrogen) atoms. The summed E-state index contributed by atoms with van der Waals surface area (Å²) in [6.07, 6.45) is 1.20. The summed E-state index contributed by atoms with van der Waals surface area (Å²) in [7, 11) is 0. The van der Waals surface area contributed by atoms with Gasteiger partial charge >= 0.3 is 0 Å². The predicted molar refractivity (Wildman–Crippen MR) is 92.9 cm³/mol. The standard InChI is InChI=1S/C17H19ClN4O2/c1-2-8-19-15(23)11-21-16-10-14(12-3-5-13(18)6-4-12)20-22(16)9-7-17(21)24/h3-6,10H,2,7-9,11H2,1H3,(H,19,23). The number of hydrogen-bond donors (Lipinski definition) is 1. The van der Waals surface area contributed by atoms with Crippen molar-refractivity contribution in [3.63, 3.8) is 0 Å². The van der Waals surface area contributed by atoms with Crippen LogP contribution >= 0.6 is 11.6 Å². The molecule has 0 radical (unpaired) electrons. The van der Waals surface area contributed by atoms with Gasteiger partial charge in [0.25, 0.3) is 0 Å². The van der Waals surface area contributed by atoms with Crippen molar-refractivity contribution < 1.29 is 9.59 Å². The third-order valence-corrected chi connectivity index (χ3v) is 4.14. The number of aromatic nitrogens is 2. The fraction of sp³-hybridized carbons (Fsp3) is 0.353. The maximum Gasteiger partial charge on any atom is 0.240 e. The molecule has 1 aromatic heterocycles. The molecular formula is C17H19ClN4O2. The van der Waals surface area contributed by atoms with Gasteiger partial charge in [-0.05, 0) is 18.6 Å². The van der Waals surface area contributed by atoms with Crippen LogP contribution in [-0.4, -0.2) is 34.7 Å². The van der Waals surface area contributed by atoms with E-state index >= 15 is 0 Å². The highest BCUT2D eigenvalue weighted by Gasteiger charge is 2.28. The third kappa shape index (κ3) is 3.43. The molecule has 3 rings (SSSR count). The number of nitrogens with one attached hydrogen (secondary N) is 1. The molecule has 1 aliphatic heterocycles. The van der Waals surface area contributed by atoms with Gasteiger partial charge in [0.1, 0.15) is 12.4 Å². The zero-order chi connectivity index (χ0) is 17.1. The summed E-state index contributed by atoms with van der Waals surface area (Å²) in [4.78, 5) is 25.7. The Morgan fingerprint density at radius 2 is 2.08 bits per heavy atom. The quantitative estimate of drug-likeness (QED) is 0.904. The second-order valence-electron chi connectivity index (χ2n) is 5.70. The van der Waals surface area contributed by atoms with Crippen molar-refractivity contribution in [2.75, 3.05) is 18.0 Å². The SMILES string of the molecule is CCCNC(=O)CN1C(=O)CCn2nc(-c3ccc(Cl)cc3)cc21. The molecule has 2 heterocycles. The van der Waals surface area contributed by atoms with E-state index in [4.69, 9.17) is 11.6 Å². The second-order valence-corrected chi connectivity index (χ2v) is 6.13. The summed E-state index contributed by atoms with van der Waals surface area (Å²) in [6, 6.07) is 9.22. The van der Waals surface area contributed by atoms with E-state index < -0.39 is 0 Å². The highest BCUT2D eigenvalue weighted by Crippen LogP contribution is 2.28. The summed E-state index contributed by atoms with van der Waals surface area (Å²) < 4.78 is 1.78. The molecule has 2 aromatic rings. The number of halogens is 1. The van der Waals surface area contributed by atoms with Gasteiger partial charge in [-0.15, -0.1) is 0 Å². The molecule has 0 aliphatic carbocycles. The van der Waals surface area contributed by atoms with E-state index in [0.717, 1.165) is 17.7 Å². The Labute approximate surface area is 145 Å². The molecular weight excluding hydrogens is 328 g/mol. The van der Waals surface area contributed by atoms with E-state index in [1.165, 1.54) is 4.90 Å². The van der Waals surface area contributed by atoms with Gasteiger partial charge in [0, 0.05) is 29.6 Å². The van der Waals surface area contributed by atoms with Gasteiger partial charge in [0.2, 0.25) is 11.8 Å². The topological polar surface area (TPSA) is 67.2 Å². The average Bonchev–Trinajstić information content (AvgIpc) is 3.00. The van der Waals surface area contributed by atoms with Crippen LogP contribution in [0.15, 0.2) is 30.3 Å². The highest BCUT2D eigenvalue weighted by atomic mass is 35.5. The van der Waals surface area contributed by atoms with Gasteiger partial charge in [-0.25, -0.2) is 4.68 Å². The first kappa shape index (κ1) is 16.5. The van der Waals surface area contributed by atoms with Crippen molar-refractivity contribution >= 4 is 29.2 Å². The summed E-state index contributed by atoms with van der Waals surface area (Å²) in [6.45, 7) is 3.13. The molecule has 0 spiro atoms. The molecule has 0 atom stereocenters. The molecule has 0 saturated carbocycles. The normalized spacial score (nSPS) is 13.8. The van der Waals surface area contributed by atoms with Crippen molar-refractivity contribution in [1.82, 2.24) is 15.1 Å². The lowest BCUT2D eigenvalue weighted by atomic mass is 10.1. The molecule has 126 valence electrons. The van der Waals surface area contributed by atoms with Crippen LogP contribution < -0.4 is 10.2 Å². The maximum atomic E-state index is 12.2. The lowest BCUT2D eigenvalue weighted by Gasteiger charge is -2.26. The molecule has 0 fully saturated rings. The van der Waals surface area contributed by atoms with Crippen LogP contribution in [0.2, 0.25) is 5.02 Å². The Kier molecular flexibility index (Phi) is 4.85. The van der Waals surface area contributed by atoms with Crippen molar-refractivity contribution in [2.24, 2.45) is 0 Å². The van der Waals surface area contributed by atoms with E-state index in [9.17, 15) is 9.59 Å². The van der Waals surface area contributed by atoms with Crippen LogP contribution in [0.4, 0.5) is 5.82 Å². The number of carbonyl (C=O) groups is 2. The number of nitrogens with zero attached hydrogens (tertiary/aromatic N) is 3. The van der Waals surface area contributed by atoms with Gasteiger partial charge in [-0.3, -0.25) is 14.5 Å². The van der Waals surface area contributed by atoms with E-state index in [1.807, 2.05) is 25.1 Å². The fourth-order valence-electron chi connectivity index (χ4n) is 2.65. The summed E-state index contributed by atoms with van der Waals surface area (Å²) in [5.41, 5.74) is 1.68. The Balaban J connectivity index is 1.85. The number of anilines is 1. The molecule has 7 heteroatoms. The monoisotopic (exact) mass is 346 g/mol. The molecule has 1 aromatic carbocycles. The van der Waals surface area contributed by atoms with Crippen LogP contribution in [0.25, 0.3) is 11.3 Å². The Bertz CT molecular complexity index is 754. The largest absolute Gasteiger partial charge is 0.355 e. The number of rotatable bonds is 5. The second kappa shape index (κ2) is 7.05. The van der Waals surface area contributed by atoms with Crippen molar-refractivity contribution in [2.45, 2.75) is 26.3 Å². The number of amides is 2. The third-order valence-electron chi connectivity index (χ3n) is 3.89. The molecule has 2 amide bonds. The van der Waals surface area contributed by atoms with Crippen LogP contribution in [0.3, 0.4) is 0 Å². The van der Waals surface area contributed by atoms with Crippen LogP contribution in [0, 0.1) is 0 Å². The lowest BCUT2D eigenvalue weighted by molar-refractivity contribution is -0.124. The zero-order valence-electron chi connectivity index (χ0n) is 13.5. The van der Waals surface area contributed by atoms with Crippen molar-refractivity contribution in [1.29, 1.82) is 0 Å². The maximum absolute atomic E-state index is 12.2. The Morgan fingerprint density at radius 3 is 2.79 bits per heavy atom. The zero-order valence-corrected chi connectivity index (χ0v) is 14.2. The van der Waals surface area contributed by atoms with Gasteiger partial charge in [0.15, 0.2) is 0 Å². The number of aryl methyl sites for hydroxylation is 1. The van der Waals surface area contributed by atoms with Gasteiger partial charge in [0.05, 0.1) is 12.2 Å². The molecule has 0 bridgehead atoms. The van der Waals surface area contributed by atoms with Crippen LogP contribution in [0.1, 0.15) is 19.8 Å². The summed E-state index contributed by atoms with van der Waals surface area (Å²) in [5, 5.41) is 8.01. The lowest BCUT2D eigenvalue weighted by Crippen LogP contribution is -2.44. The molecule has 0 saturated heterocycles. The van der Waals surface area contributed by atoms with E-state index in [2.05, 4.69) is 10.4 Å². The van der Waals surface area contributed by atoms with Gasteiger partial charge in [-0.1, -0.05) is 30.7 Å². The van der Waals surface area contributed by atoms with Crippen molar-refractivity contribution in [3.05, 3.63) is 35.4 Å². The van der Waals surface area contributed by atoms with Crippen molar-refractivity contribution in [3.8, 4) is 11.3 Å². The summed E-state index contributed by atoms with van der Waals surface area (Å²) >= 11 is 5.92. The average molecular weight is 347 g/mol. The minimum atomic E-state index is -0.159. The Morgan fingerprint density at radius 1 is 1.33 bits per heavy atom. The molecule has 1 aliphatic rings. The number of benzene rings is 1. The van der Waals surface area contributed by atoms with Gasteiger partial charge in [-0.2, -0.15) is 5.10 Å². The fourth-order valence-corrected chi connectivity index (χ4v) is 2.77. The first-order valence-electron chi connectivity index (χ1n) is 7.99. The Hall–Kier alpha value is -2.34. The molecule has 6 nitrogen and oxygen atoms in total. The number of fused-ring (bicyclic) bond motifs is 1. The minimum absolute atomic E-state index is 0.0184. The number of carbonyl (C=O) groups excluding carboxylic acids is 2. The predicted octanol–water partition coefficient (Wildman–Crippen LogP) is 2.47. The summed E-state index contributed by atoms with van der Waals surface area (Å²) in [5.74, 6) is 0.437. The highest BCUT2D eigenvalue weighted by molar-refractivity contribution is 6.30. The van der Waals surface area contributed by atoms with E-state index in [-0.39, 0.29) is 18.4 Å². The van der Waals surface area contributed by atoms with Gasteiger partial charge < -0.3 is 5.32 Å². The van der Waals surface area contributed by atoms with Crippen LogP contribution in [0.5, 0.6) is 0 Å². The molecule has 0 unspecified atom stereocenters. The minimum Gasteiger partial charge on any atom is -0.355 e. The van der Waals surface area contributed by atoms with E-state index in [1.54, 1.807) is 16.8 Å². The first-order valence-corrected chi connectivity index (χ1v) is 8.37.